The van der Waals surface area contributed by atoms with Gasteiger partial charge in [-0.1, -0.05) is 29.8 Å². The van der Waals surface area contributed by atoms with E-state index in [9.17, 15) is 0 Å². The number of aromatic nitrogens is 1. The highest BCUT2D eigenvalue weighted by Gasteiger charge is 1.98. The molecule has 1 aromatic carbocycles. The van der Waals surface area contributed by atoms with Crippen LogP contribution < -0.4 is 10.1 Å². The van der Waals surface area contributed by atoms with Crippen molar-refractivity contribution in [1.29, 1.82) is 0 Å². The van der Waals surface area contributed by atoms with Gasteiger partial charge in [-0.05, 0) is 12.1 Å². The van der Waals surface area contributed by atoms with Crippen molar-refractivity contribution in [2.24, 2.45) is 0 Å². The predicted molar refractivity (Wildman–Crippen MR) is 67.6 cm³/mol. The molecule has 0 amide bonds. The summed E-state index contributed by atoms with van der Waals surface area (Å²) in [5.41, 5.74) is 0. The average molecular weight is 255 g/mol. The molecule has 2 rings (SSSR count). The number of nitrogens with one attached hydrogen (secondary N) is 1. The molecule has 0 radical (unpaired) electrons. The fourth-order valence-corrected chi connectivity index (χ4v) is 2.05. The van der Waals surface area contributed by atoms with Crippen LogP contribution in [0.4, 0.5) is 5.13 Å². The highest BCUT2D eigenvalue weighted by molar-refractivity contribution is 7.14. The van der Waals surface area contributed by atoms with Gasteiger partial charge in [0.1, 0.15) is 17.5 Å². The summed E-state index contributed by atoms with van der Waals surface area (Å²) in [6, 6.07) is 9.72. The minimum Gasteiger partial charge on any atom is -0.492 e. The monoisotopic (exact) mass is 254 g/mol. The van der Waals surface area contributed by atoms with E-state index < -0.39 is 0 Å². The molecule has 0 unspecified atom stereocenters. The van der Waals surface area contributed by atoms with E-state index in [-0.39, 0.29) is 0 Å². The van der Waals surface area contributed by atoms with Crippen LogP contribution in [0.15, 0.2) is 35.7 Å². The second-order valence-corrected chi connectivity index (χ2v) is 4.31. The molecule has 3 nitrogen and oxygen atoms in total. The van der Waals surface area contributed by atoms with Crippen molar-refractivity contribution in [3.05, 3.63) is 40.9 Å². The Hall–Kier alpha value is -1.26. The summed E-state index contributed by atoms with van der Waals surface area (Å²) in [5, 5.41) is 6.27. The second kappa shape index (κ2) is 5.72. The lowest BCUT2D eigenvalue weighted by molar-refractivity contribution is 0.333. The van der Waals surface area contributed by atoms with Crippen LogP contribution in [0.25, 0.3) is 0 Å². The molecule has 0 atom stereocenters. The number of thiazole rings is 1. The molecule has 1 aromatic heterocycles. The summed E-state index contributed by atoms with van der Waals surface area (Å²) >= 11 is 7.18. The first-order chi connectivity index (χ1) is 7.84. The van der Waals surface area contributed by atoms with E-state index in [1.807, 2.05) is 30.3 Å². The predicted octanol–water partition coefficient (Wildman–Crippen LogP) is 3.29. The highest BCUT2D eigenvalue weighted by Crippen LogP contribution is 2.18. The van der Waals surface area contributed by atoms with E-state index in [0.717, 1.165) is 10.9 Å². The van der Waals surface area contributed by atoms with Crippen LogP contribution in [-0.4, -0.2) is 18.1 Å². The van der Waals surface area contributed by atoms with Gasteiger partial charge in [0.15, 0.2) is 5.13 Å². The molecule has 84 valence electrons. The van der Waals surface area contributed by atoms with Crippen molar-refractivity contribution >= 4 is 28.1 Å². The topological polar surface area (TPSA) is 34.1 Å². The van der Waals surface area contributed by atoms with Crippen molar-refractivity contribution in [3.63, 3.8) is 0 Å². The molecule has 1 heterocycles. The van der Waals surface area contributed by atoms with Crippen molar-refractivity contribution in [1.82, 2.24) is 4.98 Å². The Morgan fingerprint density at radius 2 is 2.12 bits per heavy atom. The Kier molecular flexibility index (Phi) is 4.02. The molecule has 2 aromatic rings. The molecule has 0 fully saturated rings. The van der Waals surface area contributed by atoms with Gasteiger partial charge in [0, 0.05) is 5.38 Å². The second-order valence-electron chi connectivity index (χ2n) is 3.06. The third-order valence-electron chi connectivity index (χ3n) is 1.87. The zero-order chi connectivity index (χ0) is 11.2. The van der Waals surface area contributed by atoms with Gasteiger partial charge in [-0.3, -0.25) is 0 Å². The molecule has 0 aliphatic carbocycles. The van der Waals surface area contributed by atoms with Crippen LogP contribution in [-0.2, 0) is 0 Å². The van der Waals surface area contributed by atoms with Gasteiger partial charge in [-0.2, -0.15) is 0 Å². The molecule has 5 heteroatoms. The number of hydrogen-bond acceptors (Lipinski definition) is 4. The summed E-state index contributed by atoms with van der Waals surface area (Å²) in [6.45, 7) is 1.31. The van der Waals surface area contributed by atoms with E-state index >= 15 is 0 Å². The molecule has 0 aliphatic rings. The van der Waals surface area contributed by atoms with Crippen molar-refractivity contribution in [2.75, 3.05) is 18.5 Å². The number of nitrogens with zero attached hydrogens (tertiary/aromatic N) is 1. The number of halogens is 1. The molecule has 1 N–H and O–H groups in total. The van der Waals surface area contributed by atoms with Crippen LogP contribution >= 0.6 is 22.9 Å². The van der Waals surface area contributed by atoms with Crippen LogP contribution in [0.5, 0.6) is 5.75 Å². The van der Waals surface area contributed by atoms with E-state index in [2.05, 4.69) is 10.3 Å². The average Bonchev–Trinajstić information content (AvgIpc) is 2.72. The Bertz CT molecular complexity index is 433. The third kappa shape index (κ3) is 3.40. The van der Waals surface area contributed by atoms with Gasteiger partial charge < -0.3 is 10.1 Å². The molecular formula is C11H11ClN2OS. The molecule has 16 heavy (non-hydrogen) atoms. The van der Waals surface area contributed by atoms with Gasteiger partial charge in [0.2, 0.25) is 0 Å². The van der Waals surface area contributed by atoms with Crippen molar-refractivity contribution in [2.45, 2.75) is 0 Å². The fourth-order valence-electron chi connectivity index (χ4n) is 1.18. The zero-order valence-electron chi connectivity index (χ0n) is 8.52. The number of ether oxygens (including phenoxy) is 1. The Balaban J connectivity index is 1.69. The first kappa shape index (κ1) is 11.2. The molecular weight excluding hydrogens is 244 g/mol. The summed E-state index contributed by atoms with van der Waals surface area (Å²) < 4.78 is 5.52. The lowest BCUT2D eigenvalue weighted by Gasteiger charge is -2.05. The van der Waals surface area contributed by atoms with Gasteiger partial charge in [0.05, 0.1) is 6.54 Å². The van der Waals surface area contributed by atoms with Crippen LogP contribution in [0, 0.1) is 0 Å². The Labute approximate surface area is 103 Å². The minimum atomic E-state index is 0.525. The summed E-state index contributed by atoms with van der Waals surface area (Å²) in [7, 11) is 0. The van der Waals surface area contributed by atoms with E-state index in [0.29, 0.717) is 18.3 Å². The normalized spacial score (nSPS) is 10.1. The first-order valence-electron chi connectivity index (χ1n) is 4.87. The van der Waals surface area contributed by atoms with Crippen molar-refractivity contribution in [3.8, 4) is 5.75 Å². The third-order valence-corrected chi connectivity index (χ3v) is 2.99. The zero-order valence-corrected chi connectivity index (χ0v) is 10.1. The van der Waals surface area contributed by atoms with E-state index in [1.54, 1.807) is 5.38 Å². The molecule has 0 spiro atoms. The molecule has 0 aliphatic heterocycles. The largest absolute Gasteiger partial charge is 0.492 e. The van der Waals surface area contributed by atoms with Gasteiger partial charge in [0.25, 0.3) is 0 Å². The van der Waals surface area contributed by atoms with Crippen LogP contribution in [0.3, 0.4) is 0 Å². The summed E-state index contributed by atoms with van der Waals surface area (Å²) in [5.74, 6) is 0.876. The highest BCUT2D eigenvalue weighted by atomic mass is 35.5. The minimum absolute atomic E-state index is 0.525. The number of benzene rings is 1. The van der Waals surface area contributed by atoms with Crippen LogP contribution in [0.2, 0.25) is 5.15 Å². The number of rotatable bonds is 5. The number of para-hydroxylation sites is 1. The smallest absolute Gasteiger partial charge is 0.184 e. The first-order valence-corrected chi connectivity index (χ1v) is 6.13. The SMILES string of the molecule is Clc1csc(NCCOc2ccccc2)n1. The maximum absolute atomic E-state index is 5.70. The lowest BCUT2D eigenvalue weighted by atomic mass is 10.3. The fraction of sp³-hybridized carbons (Fsp3) is 0.182. The van der Waals surface area contributed by atoms with Gasteiger partial charge in [-0.15, -0.1) is 11.3 Å². The van der Waals surface area contributed by atoms with Gasteiger partial charge in [-0.25, -0.2) is 4.98 Å². The lowest BCUT2D eigenvalue weighted by Crippen LogP contribution is -2.11. The Morgan fingerprint density at radius 3 is 2.81 bits per heavy atom. The van der Waals surface area contributed by atoms with E-state index in [4.69, 9.17) is 16.3 Å². The van der Waals surface area contributed by atoms with Gasteiger partial charge >= 0.3 is 0 Å². The van der Waals surface area contributed by atoms with Crippen LogP contribution in [0.1, 0.15) is 0 Å². The number of hydrogen-bond donors (Lipinski definition) is 1. The maximum atomic E-state index is 5.70. The molecule has 0 saturated heterocycles. The molecule has 0 saturated carbocycles. The standard InChI is InChI=1S/C11H11ClN2OS/c12-10-8-16-11(14-10)13-6-7-15-9-4-2-1-3-5-9/h1-5,8H,6-7H2,(H,13,14). The number of anilines is 1. The molecule has 0 bridgehead atoms. The Morgan fingerprint density at radius 1 is 1.31 bits per heavy atom. The quantitative estimate of drug-likeness (QED) is 0.832. The van der Waals surface area contributed by atoms with E-state index in [1.165, 1.54) is 11.3 Å². The summed E-state index contributed by atoms with van der Waals surface area (Å²) in [6.07, 6.45) is 0. The maximum Gasteiger partial charge on any atom is 0.184 e. The summed E-state index contributed by atoms with van der Waals surface area (Å²) in [4.78, 5) is 4.07. The van der Waals surface area contributed by atoms with Crippen molar-refractivity contribution < 1.29 is 4.74 Å².